The van der Waals surface area contributed by atoms with E-state index in [0.717, 1.165) is 17.7 Å². The number of benzene rings is 1. The average molecular weight is 208 g/mol. The van der Waals surface area contributed by atoms with Crippen molar-refractivity contribution in [3.63, 3.8) is 0 Å². The Bertz CT molecular complexity index is 337. The molecule has 0 aliphatic carbocycles. The van der Waals surface area contributed by atoms with Crippen molar-refractivity contribution < 1.29 is 5.11 Å². The van der Waals surface area contributed by atoms with Gasteiger partial charge in [-0.2, -0.15) is 11.8 Å². The highest BCUT2D eigenvalue weighted by molar-refractivity contribution is 8.00. The third kappa shape index (κ3) is 1.47. The Labute approximate surface area is 89.5 Å². The predicted molar refractivity (Wildman–Crippen MR) is 61.6 cm³/mol. The smallest absolute Gasteiger partial charge is 0.102 e. The van der Waals surface area contributed by atoms with Crippen molar-refractivity contribution in [3.05, 3.63) is 35.4 Å². The van der Waals surface area contributed by atoms with E-state index in [9.17, 15) is 5.11 Å². The summed E-state index contributed by atoms with van der Waals surface area (Å²) in [6, 6.07) is 8.16. The van der Waals surface area contributed by atoms with Crippen LogP contribution in [0.25, 0.3) is 0 Å². The lowest BCUT2D eigenvalue weighted by Gasteiger charge is -2.28. The SMILES string of the molecule is Cc1ccccc1[C@@]1(O)CCS[C@@H]1C. The first-order valence-corrected chi connectivity index (χ1v) is 6.09. The molecule has 1 aliphatic heterocycles. The molecule has 2 heteroatoms. The summed E-state index contributed by atoms with van der Waals surface area (Å²) in [5.74, 6) is 1.06. The fourth-order valence-electron chi connectivity index (χ4n) is 2.14. The van der Waals surface area contributed by atoms with Gasteiger partial charge >= 0.3 is 0 Å². The van der Waals surface area contributed by atoms with E-state index in [2.05, 4.69) is 26.0 Å². The summed E-state index contributed by atoms with van der Waals surface area (Å²) in [6.45, 7) is 4.19. The van der Waals surface area contributed by atoms with Crippen molar-refractivity contribution in [1.29, 1.82) is 0 Å². The van der Waals surface area contributed by atoms with Gasteiger partial charge in [0.25, 0.3) is 0 Å². The topological polar surface area (TPSA) is 20.2 Å². The van der Waals surface area contributed by atoms with Crippen molar-refractivity contribution in [3.8, 4) is 0 Å². The number of hydrogen-bond acceptors (Lipinski definition) is 2. The Morgan fingerprint density at radius 2 is 2.14 bits per heavy atom. The van der Waals surface area contributed by atoms with Crippen molar-refractivity contribution in [1.82, 2.24) is 0 Å². The van der Waals surface area contributed by atoms with Crippen LogP contribution in [0, 0.1) is 6.92 Å². The average Bonchev–Trinajstić information content (AvgIpc) is 2.49. The molecule has 14 heavy (non-hydrogen) atoms. The molecule has 1 aliphatic rings. The molecule has 0 bridgehead atoms. The summed E-state index contributed by atoms with van der Waals surface area (Å²) < 4.78 is 0. The highest BCUT2D eigenvalue weighted by Crippen LogP contribution is 2.43. The molecule has 2 atom stereocenters. The third-order valence-electron chi connectivity index (χ3n) is 3.14. The first-order valence-electron chi connectivity index (χ1n) is 5.04. The molecule has 0 saturated carbocycles. The second kappa shape index (κ2) is 3.59. The van der Waals surface area contributed by atoms with Crippen LogP contribution in [0.5, 0.6) is 0 Å². The maximum atomic E-state index is 10.6. The Balaban J connectivity index is 2.43. The van der Waals surface area contributed by atoms with Crippen LogP contribution in [0.4, 0.5) is 0 Å². The van der Waals surface area contributed by atoms with E-state index in [1.807, 2.05) is 23.9 Å². The summed E-state index contributed by atoms with van der Waals surface area (Å²) >= 11 is 1.86. The van der Waals surface area contributed by atoms with Gasteiger partial charge in [0.1, 0.15) is 5.60 Å². The molecule has 0 unspecified atom stereocenters. The van der Waals surface area contributed by atoms with Crippen LogP contribution in [-0.4, -0.2) is 16.1 Å². The molecular weight excluding hydrogens is 192 g/mol. The molecule has 1 nitrogen and oxygen atoms in total. The molecule has 1 saturated heterocycles. The molecule has 0 spiro atoms. The predicted octanol–water partition coefficient (Wildman–Crippen LogP) is 2.71. The number of aliphatic hydroxyl groups is 1. The van der Waals surface area contributed by atoms with Gasteiger partial charge in [-0.05, 0) is 30.2 Å². The lowest BCUT2D eigenvalue weighted by Crippen LogP contribution is -2.32. The van der Waals surface area contributed by atoms with Gasteiger partial charge in [-0.25, -0.2) is 0 Å². The second-order valence-electron chi connectivity index (χ2n) is 4.00. The first kappa shape index (κ1) is 10.1. The van der Waals surface area contributed by atoms with Crippen LogP contribution >= 0.6 is 11.8 Å². The lowest BCUT2D eigenvalue weighted by molar-refractivity contribution is 0.0421. The van der Waals surface area contributed by atoms with E-state index in [1.165, 1.54) is 5.56 Å². The maximum absolute atomic E-state index is 10.6. The van der Waals surface area contributed by atoms with Gasteiger partial charge < -0.3 is 5.11 Å². The van der Waals surface area contributed by atoms with Crippen LogP contribution in [0.2, 0.25) is 0 Å². The van der Waals surface area contributed by atoms with Gasteiger partial charge in [0, 0.05) is 5.25 Å². The minimum absolute atomic E-state index is 0.309. The van der Waals surface area contributed by atoms with E-state index in [1.54, 1.807) is 0 Å². The zero-order chi connectivity index (χ0) is 10.2. The summed E-state index contributed by atoms with van der Waals surface area (Å²) in [5.41, 5.74) is 1.71. The van der Waals surface area contributed by atoms with Crippen LogP contribution in [0.15, 0.2) is 24.3 Å². The number of aryl methyl sites for hydroxylation is 1. The quantitative estimate of drug-likeness (QED) is 0.765. The van der Waals surface area contributed by atoms with E-state index in [0.29, 0.717) is 5.25 Å². The van der Waals surface area contributed by atoms with E-state index in [-0.39, 0.29) is 0 Å². The molecule has 1 aromatic rings. The second-order valence-corrected chi connectivity index (χ2v) is 5.45. The van der Waals surface area contributed by atoms with Crippen LogP contribution < -0.4 is 0 Å². The summed E-state index contributed by atoms with van der Waals surface area (Å²) in [7, 11) is 0. The normalized spacial score (nSPS) is 32.1. The Kier molecular flexibility index (Phi) is 2.58. The molecule has 76 valence electrons. The van der Waals surface area contributed by atoms with Gasteiger partial charge in [-0.15, -0.1) is 0 Å². The Morgan fingerprint density at radius 3 is 2.71 bits per heavy atom. The molecule has 1 fully saturated rings. The van der Waals surface area contributed by atoms with Gasteiger partial charge in [0.05, 0.1) is 0 Å². The van der Waals surface area contributed by atoms with Crippen LogP contribution in [-0.2, 0) is 5.60 Å². The highest BCUT2D eigenvalue weighted by atomic mass is 32.2. The lowest BCUT2D eigenvalue weighted by atomic mass is 9.86. The molecular formula is C12H16OS. The van der Waals surface area contributed by atoms with Gasteiger partial charge in [-0.1, -0.05) is 31.2 Å². The highest BCUT2D eigenvalue weighted by Gasteiger charge is 2.41. The molecule has 0 aromatic heterocycles. The fraction of sp³-hybridized carbons (Fsp3) is 0.500. The number of rotatable bonds is 1. The van der Waals surface area contributed by atoms with Crippen molar-refractivity contribution >= 4 is 11.8 Å². The minimum Gasteiger partial charge on any atom is -0.384 e. The summed E-state index contributed by atoms with van der Waals surface area (Å²) in [4.78, 5) is 0. The molecule has 1 aromatic carbocycles. The van der Waals surface area contributed by atoms with Crippen molar-refractivity contribution in [2.75, 3.05) is 5.75 Å². The standard InChI is InChI=1S/C12H16OS/c1-9-5-3-4-6-11(9)12(13)7-8-14-10(12)2/h3-6,10,13H,7-8H2,1-2H3/t10-,12-/m1/s1. The monoisotopic (exact) mass is 208 g/mol. The molecule has 0 amide bonds. The number of hydrogen-bond donors (Lipinski definition) is 1. The summed E-state index contributed by atoms with van der Waals surface area (Å²) in [6.07, 6.45) is 0.879. The largest absolute Gasteiger partial charge is 0.384 e. The fourth-order valence-corrected chi connectivity index (χ4v) is 3.45. The minimum atomic E-state index is -0.601. The number of thioether (sulfide) groups is 1. The third-order valence-corrected chi connectivity index (χ3v) is 4.46. The Hall–Kier alpha value is -0.470. The van der Waals surface area contributed by atoms with Crippen LogP contribution in [0.1, 0.15) is 24.5 Å². The zero-order valence-corrected chi connectivity index (χ0v) is 9.47. The van der Waals surface area contributed by atoms with Gasteiger partial charge in [0.15, 0.2) is 0 Å². The van der Waals surface area contributed by atoms with E-state index in [4.69, 9.17) is 0 Å². The van der Waals surface area contributed by atoms with Gasteiger partial charge in [0.2, 0.25) is 0 Å². The molecule has 0 radical (unpaired) electrons. The molecule has 2 rings (SSSR count). The van der Waals surface area contributed by atoms with Gasteiger partial charge in [-0.3, -0.25) is 0 Å². The molecule has 1 heterocycles. The first-order chi connectivity index (χ1) is 6.64. The van der Waals surface area contributed by atoms with Crippen LogP contribution in [0.3, 0.4) is 0 Å². The van der Waals surface area contributed by atoms with Crippen molar-refractivity contribution in [2.24, 2.45) is 0 Å². The molecule has 1 N–H and O–H groups in total. The summed E-state index contributed by atoms with van der Waals surface area (Å²) in [5, 5.41) is 10.9. The Morgan fingerprint density at radius 1 is 1.43 bits per heavy atom. The van der Waals surface area contributed by atoms with E-state index < -0.39 is 5.60 Å². The maximum Gasteiger partial charge on any atom is 0.102 e. The zero-order valence-electron chi connectivity index (χ0n) is 8.66. The van der Waals surface area contributed by atoms with Crippen molar-refractivity contribution in [2.45, 2.75) is 31.1 Å². The van der Waals surface area contributed by atoms with E-state index >= 15 is 0 Å².